The van der Waals surface area contributed by atoms with Crippen LogP contribution in [0.25, 0.3) is 5.57 Å². The molecule has 0 radical (unpaired) electrons. The lowest BCUT2D eigenvalue weighted by molar-refractivity contribution is -0.136. The molecule has 110 valence electrons. The maximum Gasteiger partial charge on any atom is 0.333 e. The molecule has 0 spiro atoms. The Balaban J connectivity index is 2.03. The molecule has 3 rings (SSSR count). The first-order chi connectivity index (χ1) is 10.1. The number of rotatable bonds is 3. The van der Waals surface area contributed by atoms with E-state index in [4.69, 9.17) is 4.74 Å². The van der Waals surface area contributed by atoms with Crippen molar-refractivity contribution in [1.82, 2.24) is 0 Å². The SMILES string of the molecule is COC(=O)C(C)=C(c1ccc2c(c1)CC(=O)CC2)C1CC1. The third-order valence-electron chi connectivity index (χ3n) is 4.46. The van der Waals surface area contributed by atoms with Crippen LogP contribution >= 0.6 is 0 Å². The first kappa shape index (κ1) is 14.1. The quantitative estimate of drug-likeness (QED) is 0.633. The third kappa shape index (κ3) is 2.78. The zero-order valence-electron chi connectivity index (χ0n) is 12.6. The second-order valence-corrected chi connectivity index (χ2v) is 6.00. The summed E-state index contributed by atoms with van der Waals surface area (Å²) in [6, 6.07) is 6.31. The van der Waals surface area contributed by atoms with Crippen molar-refractivity contribution < 1.29 is 14.3 Å². The predicted octanol–water partition coefficient (Wildman–Crippen LogP) is 3.10. The zero-order valence-corrected chi connectivity index (χ0v) is 12.6. The van der Waals surface area contributed by atoms with E-state index < -0.39 is 0 Å². The Bertz CT molecular complexity index is 636. The van der Waals surface area contributed by atoms with Crippen molar-refractivity contribution in [3.8, 4) is 0 Å². The Kier molecular flexibility index (Phi) is 3.66. The third-order valence-corrected chi connectivity index (χ3v) is 4.46. The van der Waals surface area contributed by atoms with E-state index >= 15 is 0 Å². The van der Waals surface area contributed by atoms with Gasteiger partial charge < -0.3 is 4.74 Å². The molecule has 1 aromatic rings. The zero-order chi connectivity index (χ0) is 15.0. The van der Waals surface area contributed by atoms with Crippen molar-refractivity contribution in [2.45, 2.75) is 39.0 Å². The number of allylic oxidation sites excluding steroid dienone is 1. The lowest BCUT2D eigenvalue weighted by Crippen LogP contribution is -2.14. The summed E-state index contributed by atoms with van der Waals surface area (Å²) in [5.41, 5.74) is 5.27. The number of carbonyl (C=O) groups excluding carboxylic acids is 2. The number of esters is 1. The molecule has 0 amide bonds. The topological polar surface area (TPSA) is 43.4 Å². The van der Waals surface area contributed by atoms with Gasteiger partial charge >= 0.3 is 5.97 Å². The van der Waals surface area contributed by atoms with Crippen LogP contribution in [0.4, 0.5) is 0 Å². The molecular weight excluding hydrogens is 264 g/mol. The van der Waals surface area contributed by atoms with E-state index in [0.717, 1.165) is 36.0 Å². The van der Waals surface area contributed by atoms with Gasteiger partial charge in [0.05, 0.1) is 7.11 Å². The lowest BCUT2D eigenvalue weighted by Gasteiger charge is -2.18. The van der Waals surface area contributed by atoms with E-state index in [1.54, 1.807) is 0 Å². The van der Waals surface area contributed by atoms with Crippen molar-refractivity contribution in [1.29, 1.82) is 0 Å². The summed E-state index contributed by atoms with van der Waals surface area (Å²) in [6.45, 7) is 1.84. The summed E-state index contributed by atoms with van der Waals surface area (Å²) in [5.74, 6) is 0.508. The molecule has 3 heteroatoms. The molecule has 0 atom stereocenters. The highest BCUT2D eigenvalue weighted by molar-refractivity contribution is 5.98. The molecule has 1 aromatic carbocycles. The minimum absolute atomic E-state index is 0.259. The fraction of sp³-hybridized carbons (Fsp3) is 0.444. The number of fused-ring (bicyclic) bond motifs is 1. The molecule has 1 fully saturated rings. The van der Waals surface area contributed by atoms with Gasteiger partial charge in [0, 0.05) is 18.4 Å². The summed E-state index contributed by atoms with van der Waals surface area (Å²) in [6.07, 6.45) is 4.27. The number of benzene rings is 1. The maximum atomic E-state index is 11.9. The van der Waals surface area contributed by atoms with Gasteiger partial charge in [0.15, 0.2) is 0 Å². The highest BCUT2D eigenvalue weighted by Gasteiger charge is 2.31. The van der Waals surface area contributed by atoms with Crippen LogP contribution in [0.1, 0.15) is 42.9 Å². The van der Waals surface area contributed by atoms with Gasteiger partial charge in [-0.3, -0.25) is 4.79 Å². The first-order valence-electron chi connectivity index (χ1n) is 7.53. The normalized spacial score (nSPS) is 18.9. The molecule has 0 unspecified atom stereocenters. The van der Waals surface area contributed by atoms with Gasteiger partial charge in [0.25, 0.3) is 0 Å². The molecule has 0 N–H and O–H groups in total. The van der Waals surface area contributed by atoms with Crippen LogP contribution < -0.4 is 0 Å². The van der Waals surface area contributed by atoms with Gasteiger partial charge in [-0.05, 0) is 54.4 Å². The highest BCUT2D eigenvalue weighted by Crippen LogP contribution is 2.44. The van der Waals surface area contributed by atoms with Gasteiger partial charge in [-0.15, -0.1) is 0 Å². The molecule has 0 aliphatic heterocycles. The Morgan fingerprint density at radius 1 is 1.19 bits per heavy atom. The predicted molar refractivity (Wildman–Crippen MR) is 80.8 cm³/mol. The molecule has 0 bridgehead atoms. The second kappa shape index (κ2) is 5.47. The molecular formula is C18H20O3. The highest BCUT2D eigenvalue weighted by atomic mass is 16.5. The molecule has 0 saturated heterocycles. The Labute approximate surface area is 125 Å². The molecule has 2 aliphatic rings. The fourth-order valence-corrected chi connectivity index (χ4v) is 3.17. The number of ketones is 1. The minimum atomic E-state index is -0.259. The summed E-state index contributed by atoms with van der Waals surface area (Å²) < 4.78 is 4.87. The van der Waals surface area contributed by atoms with Crippen LogP contribution in [0.5, 0.6) is 0 Å². The average Bonchev–Trinajstić information content (AvgIpc) is 3.30. The fourth-order valence-electron chi connectivity index (χ4n) is 3.17. The lowest BCUT2D eigenvalue weighted by atomic mass is 9.86. The van der Waals surface area contributed by atoms with Crippen LogP contribution in [0.15, 0.2) is 23.8 Å². The number of methoxy groups -OCH3 is 1. The Morgan fingerprint density at radius 2 is 1.95 bits per heavy atom. The average molecular weight is 284 g/mol. The van der Waals surface area contributed by atoms with E-state index in [-0.39, 0.29) is 5.97 Å². The number of hydrogen-bond acceptors (Lipinski definition) is 3. The van der Waals surface area contributed by atoms with Crippen LogP contribution in [-0.4, -0.2) is 18.9 Å². The Morgan fingerprint density at radius 3 is 2.62 bits per heavy atom. The van der Waals surface area contributed by atoms with Gasteiger partial charge in [0.2, 0.25) is 0 Å². The van der Waals surface area contributed by atoms with Crippen LogP contribution in [0.3, 0.4) is 0 Å². The largest absolute Gasteiger partial charge is 0.466 e. The number of Topliss-reactive ketones (excluding diaryl/α,β-unsaturated/α-hetero) is 1. The van der Waals surface area contributed by atoms with E-state index in [0.29, 0.717) is 30.1 Å². The summed E-state index contributed by atoms with van der Waals surface area (Å²) in [5, 5.41) is 0. The molecule has 0 aromatic heterocycles. The van der Waals surface area contributed by atoms with Gasteiger partial charge in [-0.2, -0.15) is 0 Å². The molecule has 3 nitrogen and oxygen atoms in total. The van der Waals surface area contributed by atoms with Crippen molar-refractivity contribution in [2.75, 3.05) is 7.11 Å². The van der Waals surface area contributed by atoms with Crippen molar-refractivity contribution in [2.24, 2.45) is 5.92 Å². The first-order valence-corrected chi connectivity index (χ1v) is 7.53. The minimum Gasteiger partial charge on any atom is -0.466 e. The molecule has 1 saturated carbocycles. The summed E-state index contributed by atoms with van der Waals surface area (Å²) in [7, 11) is 1.42. The van der Waals surface area contributed by atoms with Gasteiger partial charge in [-0.25, -0.2) is 4.79 Å². The van der Waals surface area contributed by atoms with E-state index in [1.165, 1.54) is 12.7 Å². The standard InChI is InChI=1S/C18H20O3/c1-11(18(20)21-2)17(13-4-5-13)14-6-3-12-7-8-16(19)10-15(12)9-14/h3,6,9,13H,4-5,7-8,10H2,1-2H3. The van der Waals surface area contributed by atoms with Crippen LogP contribution in [0.2, 0.25) is 0 Å². The second-order valence-electron chi connectivity index (χ2n) is 6.00. The number of ether oxygens (including phenoxy) is 1. The smallest absolute Gasteiger partial charge is 0.333 e. The summed E-state index contributed by atoms with van der Waals surface area (Å²) >= 11 is 0. The van der Waals surface area contributed by atoms with Crippen molar-refractivity contribution in [3.63, 3.8) is 0 Å². The summed E-state index contributed by atoms with van der Waals surface area (Å²) in [4.78, 5) is 23.5. The molecule has 21 heavy (non-hydrogen) atoms. The van der Waals surface area contributed by atoms with Gasteiger partial charge in [0.1, 0.15) is 5.78 Å². The van der Waals surface area contributed by atoms with E-state index in [9.17, 15) is 9.59 Å². The number of hydrogen-bond donors (Lipinski definition) is 0. The number of carbonyl (C=O) groups is 2. The van der Waals surface area contributed by atoms with Crippen molar-refractivity contribution >= 4 is 17.3 Å². The molecule has 0 heterocycles. The Hall–Kier alpha value is -1.90. The van der Waals surface area contributed by atoms with Crippen LogP contribution in [0, 0.1) is 5.92 Å². The van der Waals surface area contributed by atoms with Gasteiger partial charge in [-0.1, -0.05) is 18.2 Å². The van der Waals surface area contributed by atoms with Crippen molar-refractivity contribution in [3.05, 3.63) is 40.5 Å². The van der Waals surface area contributed by atoms with E-state index in [1.807, 2.05) is 6.92 Å². The number of aryl methyl sites for hydroxylation is 1. The maximum absolute atomic E-state index is 11.9. The van der Waals surface area contributed by atoms with E-state index in [2.05, 4.69) is 18.2 Å². The van der Waals surface area contributed by atoms with Crippen LogP contribution in [-0.2, 0) is 27.2 Å². The molecule has 2 aliphatic carbocycles. The monoisotopic (exact) mass is 284 g/mol.